The molecule has 0 saturated heterocycles. The second kappa shape index (κ2) is 7.47. The Labute approximate surface area is 141 Å². The van der Waals surface area contributed by atoms with Crippen molar-refractivity contribution >= 4 is 17.8 Å². The van der Waals surface area contributed by atoms with Crippen molar-refractivity contribution in [1.29, 1.82) is 0 Å². The molecule has 2 atom stereocenters. The number of hydrogen-bond donors (Lipinski definition) is 1. The lowest BCUT2D eigenvalue weighted by Crippen LogP contribution is -2.49. The van der Waals surface area contributed by atoms with Crippen molar-refractivity contribution in [1.82, 2.24) is 5.32 Å². The van der Waals surface area contributed by atoms with Crippen LogP contribution in [0.1, 0.15) is 43.4 Å². The molecule has 0 spiro atoms. The summed E-state index contributed by atoms with van der Waals surface area (Å²) in [6, 6.07) is 6.56. The van der Waals surface area contributed by atoms with Crippen molar-refractivity contribution in [3.05, 3.63) is 35.4 Å². The summed E-state index contributed by atoms with van der Waals surface area (Å²) in [5.74, 6) is -0.792. The average Bonchev–Trinajstić information content (AvgIpc) is 2.95. The molecule has 1 amide bonds. The number of esters is 1. The summed E-state index contributed by atoms with van der Waals surface area (Å²) >= 11 is 0. The van der Waals surface area contributed by atoms with E-state index in [1.165, 1.54) is 7.11 Å². The molecule has 6 nitrogen and oxygen atoms in total. The Morgan fingerprint density at radius 3 is 2.67 bits per heavy atom. The van der Waals surface area contributed by atoms with Crippen LogP contribution in [0.15, 0.2) is 24.3 Å². The molecular weight excluding hydrogens is 310 g/mol. The van der Waals surface area contributed by atoms with E-state index < -0.39 is 23.5 Å². The van der Waals surface area contributed by atoms with Gasteiger partial charge in [0.15, 0.2) is 11.2 Å². The third-order valence-electron chi connectivity index (χ3n) is 4.43. The molecule has 1 N–H and O–H groups in total. The molecule has 0 heterocycles. The number of methoxy groups -OCH3 is 1. The van der Waals surface area contributed by atoms with E-state index in [1.807, 2.05) is 25.1 Å². The summed E-state index contributed by atoms with van der Waals surface area (Å²) in [5.41, 5.74) is 0.246. The van der Waals surface area contributed by atoms with Gasteiger partial charge in [-0.3, -0.25) is 9.59 Å². The van der Waals surface area contributed by atoms with Gasteiger partial charge in [-0.2, -0.15) is 0 Å². The van der Waals surface area contributed by atoms with Gasteiger partial charge in [0.1, 0.15) is 0 Å². The van der Waals surface area contributed by atoms with Crippen molar-refractivity contribution in [2.45, 2.75) is 39.2 Å². The van der Waals surface area contributed by atoms with Gasteiger partial charge < -0.3 is 14.8 Å². The van der Waals surface area contributed by atoms with Crippen molar-refractivity contribution < 1.29 is 23.9 Å². The zero-order valence-corrected chi connectivity index (χ0v) is 14.3. The molecule has 0 aliphatic heterocycles. The Hall–Kier alpha value is -2.37. The number of ketones is 1. The summed E-state index contributed by atoms with van der Waals surface area (Å²) in [6.45, 7) is 3.78. The van der Waals surface area contributed by atoms with Crippen molar-refractivity contribution in [3.63, 3.8) is 0 Å². The van der Waals surface area contributed by atoms with Gasteiger partial charge in [-0.25, -0.2) is 4.79 Å². The van der Waals surface area contributed by atoms with Crippen molar-refractivity contribution in [2.75, 3.05) is 13.7 Å². The number of nitrogens with one attached hydrogen (secondary N) is 1. The maximum Gasteiger partial charge on any atom is 0.407 e. The van der Waals surface area contributed by atoms with Crippen LogP contribution in [0.3, 0.4) is 0 Å². The first kappa shape index (κ1) is 18.0. The lowest BCUT2D eigenvalue weighted by atomic mass is 9.74. The number of alkyl carbamates (subject to hydrolysis) is 1. The predicted octanol–water partition coefficient (Wildman–Crippen LogP) is 2.69. The van der Waals surface area contributed by atoms with Crippen LogP contribution >= 0.6 is 0 Å². The van der Waals surface area contributed by atoms with E-state index in [0.717, 1.165) is 5.56 Å². The lowest BCUT2D eigenvalue weighted by molar-refractivity contribution is -0.161. The maximum absolute atomic E-state index is 12.7. The molecule has 1 saturated carbocycles. The third-order valence-corrected chi connectivity index (χ3v) is 4.43. The number of benzene rings is 1. The van der Waals surface area contributed by atoms with E-state index in [2.05, 4.69) is 5.32 Å². The van der Waals surface area contributed by atoms with Crippen molar-refractivity contribution in [2.24, 2.45) is 5.41 Å². The fourth-order valence-corrected chi connectivity index (χ4v) is 3.31. The molecule has 0 aromatic heterocycles. The topological polar surface area (TPSA) is 81.7 Å². The van der Waals surface area contributed by atoms with E-state index in [1.54, 1.807) is 13.0 Å². The highest BCUT2D eigenvalue weighted by Gasteiger charge is 2.56. The number of carbonyl (C=O) groups is 3. The molecule has 6 heteroatoms. The number of Topliss-reactive ketones (excluding diaryl/α,β-unsaturated/α-hetero) is 1. The molecule has 1 aromatic rings. The lowest BCUT2D eigenvalue weighted by Gasteiger charge is -2.34. The molecule has 1 aliphatic carbocycles. The molecular formula is C18H23NO5. The second-order valence-corrected chi connectivity index (χ2v) is 5.95. The van der Waals surface area contributed by atoms with Crippen LogP contribution in [-0.4, -0.2) is 31.6 Å². The zero-order chi connectivity index (χ0) is 17.7. The van der Waals surface area contributed by atoms with Crippen LogP contribution in [0.2, 0.25) is 0 Å². The number of amides is 1. The highest BCUT2D eigenvalue weighted by molar-refractivity contribution is 6.06. The molecule has 1 fully saturated rings. The third kappa shape index (κ3) is 3.27. The minimum Gasteiger partial charge on any atom is -0.465 e. The highest BCUT2D eigenvalue weighted by Crippen LogP contribution is 2.46. The Bertz CT molecular complexity index is 642. The zero-order valence-electron chi connectivity index (χ0n) is 14.3. The minimum atomic E-state index is -1.40. The van der Waals surface area contributed by atoms with E-state index in [9.17, 15) is 14.4 Å². The largest absolute Gasteiger partial charge is 0.465 e. The van der Waals surface area contributed by atoms with Crippen LogP contribution in [0.5, 0.6) is 0 Å². The van der Waals surface area contributed by atoms with Gasteiger partial charge in [0.2, 0.25) is 0 Å². The molecule has 24 heavy (non-hydrogen) atoms. The standard InChI is InChI=1S/C18H23NO5/c1-4-24-16(21)18(10-6-9-14(18)20)15(19-17(22)23-3)13-8-5-7-12(2)11-13/h5,7-8,11,15H,4,6,9-10H2,1-3H3,(H,19,22)/t15?,18-/m1/s1. The highest BCUT2D eigenvalue weighted by atomic mass is 16.5. The number of hydrogen-bond acceptors (Lipinski definition) is 5. The van der Waals surface area contributed by atoms with Crippen LogP contribution in [0.25, 0.3) is 0 Å². The Morgan fingerprint density at radius 1 is 1.38 bits per heavy atom. The number of rotatable bonds is 5. The Morgan fingerprint density at radius 2 is 2.12 bits per heavy atom. The van der Waals surface area contributed by atoms with Crippen LogP contribution in [-0.2, 0) is 19.1 Å². The molecule has 2 rings (SSSR count). The molecule has 0 bridgehead atoms. The normalized spacial score (nSPS) is 21.2. The van der Waals surface area contributed by atoms with Crippen LogP contribution < -0.4 is 5.32 Å². The van der Waals surface area contributed by atoms with Gasteiger partial charge in [0.05, 0.1) is 19.8 Å². The Balaban J connectivity index is 2.54. The molecule has 1 unspecified atom stereocenters. The first-order valence-corrected chi connectivity index (χ1v) is 8.07. The number of aryl methyl sites for hydroxylation is 1. The van der Waals surface area contributed by atoms with Gasteiger partial charge in [0.25, 0.3) is 0 Å². The van der Waals surface area contributed by atoms with Crippen LogP contribution in [0.4, 0.5) is 4.79 Å². The second-order valence-electron chi connectivity index (χ2n) is 5.95. The van der Waals surface area contributed by atoms with E-state index >= 15 is 0 Å². The van der Waals surface area contributed by atoms with Gasteiger partial charge >= 0.3 is 12.1 Å². The van der Waals surface area contributed by atoms with Gasteiger partial charge in [-0.05, 0) is 32.3 Å². The monoisotopic (exact) mass is 333 g/mol. The van der Waals surface area contributed by atoms with Gasteiger partial charge in [-0.1, -0.05) is 29.8 Å². The van der Waals surface area contributed by atoms with E-state index in [4.69, 9.17) is 9.47 Å². The van der Waals surface area contributed by atoms with Gasteiger partial charge in [-0.15, -0.1) is 0 Å². The van der Waals surface area contributed by atoms with Crippen molar-refractivity contribution in [3.8, 4) is 0 Å². The van der Waals surface area contributed by atoms with Crippen LogP contribution in [0, 0.1) is 12.3 Å². The Kier molecular flexibility index (Phi) is 5.59. The predicted molar refractivity (Wildman–Crippen MR) is 87.4 cm³/mol. The molecule has 130 valence electrons. The fourth-order valence-electron chi connectivity index (χ4n) is 3.31. The van der Waals surface area contributed by atoms with E-state index in [0.29, 0.717) is 24.8 Å². The summed E-state index contributed by atoms with van der Waals surface area (Å²) < 4.78 is 9.89. The smallest absolute Gasteiger partial charge is 0.407 e. The molecule has 1 aliphatic rings. The summed E-state index contributed by atoms with van der Waals surface area (Å²) in [6.07, 6.45) is 0.532. The average molecular weight is 333 g/mol. The van der Waals surface area contributed by atoms with E-state index in [-0.39, 0.29) is 12.4 Å². The first-order valence-electron chi connectivity index (χ1n) is 8.07. The number of carbonyl (C=O) groups excluding carboxylic acids is 3. The maximum atomic E-state index is 12.7. The number of ether oxygens (including phenoxy) is 2. The summed E-state index contributed by atoms with van der Waals surface area (Å²) in [7, 11) is 1.25. The SMILES string of the molecule is CCOC(=O)[C@]1(C(NC(=O)OC)c2cccc(C)c2)CCCC1=O. The first-order chi connectivity index (χ1) is 11.5. The quantitative estimate of drug-likeness (QED) is 0.662. The molecule has 0 radical (unpaired) electrons. The molecule has 1 aromatic carbocycles. The fraction of sp³-hybridized carbons (Fsp3) is 0.500. The summed E-state index contributed by atoms with van der Waals surface area (Å²) in [4.78, 5) is 37.3. The van der Waals surface area contributed by atoms with Gasteiger partial charge in [0, 0.05) is 6.42 Å². The summed E-state index contributed by atoms with van der Waals surface area (Å²) in [5, 5.41) is 2.68. The minimum absolute atomic E-state index is 0.173.